The van der Waals surface area contributed by atoms with E-state index in [1.807, 2.05) is 0 Å². The number of methoxy groups -OCH3 is 2. The van der Waals surface area contributed by atoms with E-state index in [1.165, 1.54) is 10.6 Å². The van der Waals surface area contributed by atoms with E-state index in [0.717, 1.165) is 10.9 Å². The minimum atomic E-state index is -0.197. The third-order valence-corrected chi connectivity index (χ3v) is 4.11. The fourth-order valence-corrected chi connectivity index (χ4v) is 2.94. The maximum Gasteiger partial charge on any atom is 0.251 e. The van der Waals surface area contributed by atoms with E-state index in [0.29, 0.717) is 13.2 Å². The van der Waals surface area contributed by atoms with Gasteiger partial charge in [-0.15, -0.1) is 0 Å². The smallest absolute Gasteiger partial charge is 0.251 e. The number of ether oxygens (including phenoxy) is 2. The van der Waals surface area contributed by atoms with E-state index in [4.69, 9.17) is 9.47 Å². The molecule has 0 bridgehead atoms. The van der Waals surface area contributed by atoms with Gasteiger partial charge in [-0.3, -0.25) is 9.59 Å². The fourth-order valence-electron chi connectivity index (χ4n) is 2.56. The SMILES string of the molecule is COC[C@@H]1C[C@H](OC)CN1C(=O)Cn1cc(Br)ccc1=O. The summed E-state index contributed by atoms with van der Waals surface area (Å²) < 4.78 is 12.7. The van der Waals surface area contributed by atoms with Gasteiger partial charge < -0.3 is 18.9 Å². The molecule has 1 saturated heterocycles. The first-order valence-corrected chi connectivity index (χ1v) is 7.51. The summed E-state index contributed by atoms with van der Waals surface area (Å²) in [4.78, 5) is 26.0. The van der Waals surface area contributed by atoms with Gasteiger partial charge in [-0.2, -0.15) is 0 Å². The molecule has 21 heavy (non-hydrogen) atoms. The van der Waals surface area contributed by atoms with Crippen LogP contribution in [-0.4, -0.2) is 54.9 Å². The molecule has 2 atom stereocenters. The van der Waals surface area contributed by atoms with Crippen molar-refractivity contribution in [3.8, 4) is 0 Å². The Labute approximate surface area is 131 Å². The molecule has 0 spiro atoms. The number of amides is 1. The van der Waals surface area contributed by atoms with E-state index in [1.54, 1.807) is 31.4 Å². The molecule has 2 rings (SSSR count). The molecule has 1 fully saturated rings. The number of halogens is 1. The molecule has 0 aliphatic carbocycles. The Morgan fingerprint density at radius 1 is 1.43 bits per heavy atom. The molecule has 1 aromatic rings. The fraction of sp³-hybridized carbons (Fsp3) is 0.571. The minimum Gasteiger partial charge on any atom is -0.383 e. The minimum absolute atomic E-state index is 0.00435. The van der Waals surface area contributed by atoms with E-state index >= 15 is 0 Å². The summed E-state index contributed by atoms with van der Waals surface area (Å²) in [6.45, 7) is 1.03. The van der Waals surface area contributed by atoms with Crippen molar-refractivity contribution >= 4 is 21.8 Å². The van der Waals surface area contributed by atoms with Crippen molar-refractivity contribution in [3.63, 3.8) is 0 Å². The molecule has 1 aliphatic rings. The second kappa shape index (κ2) is 7.20. The van der Waals surface area contributed by atoms with Crippen molar-refractivity contribution in [2.75, 3.05) is 27.4 Å². The van der Waals surface area contributed by atoms with Crippen LogP contribution in [0.1, 0.15) is 6.42 Å². The number of carbonyl (C=O) groups is 1. The van der Waals surface area contributed by atoms with Gasteiger partial charge in [0.25, 0.3) is 5.56 Å². The number of nitrogens with zero attached hydrogens (tertiary/aromatic N) is 2. The zero-order valence-electron chi connectivity index (χ0n) is 12.1. The summed E-state index contributed by atoms with van der Waals surface area (Å²) in [5.41, 5.74) is -0.197. The highest BCUT2D eigenvalue weighted by Crippen LogP contribution is 2.20. The van der Waals surface area contributed by atoms with Crippen LogP contribution in [0.15, 0.2) is 27.6 Å². The van der Waals surface area contributed by atoms with Crippen molar-refractivity contribution in [3.05, 3.63) is 33.2 Å². The van der Waals surface area contributed by atoms with Gasteiger partial charge in [-0.25, -0.2) is 0 Å². The molecular formula is C14H19BrN2O4. The van der Waals surface area contributed by atoms with Crippen LogP contribution in [0.5, 0.6) is 0 Å². The van der Waals surface area contributed by atoms with Crippen LogP contribution in [-0.2, 0) is 20.8 Å². The monoisotopic (exact) mass is 358 g/mol. The Morgan fingerprint density at radius 2 is 2.19 bits per heavy atom. The van der Waals surface area contributed by atoms with Crippen LogP contribution in [0.25, 0.3) is 0 Å². The molecule has 0 aromatic carbocycles. The number of hydrogen-bond acceptors (Lipinski definition) is 4. The summed E-state index contributed by atoms with van der Waals surface area (Å²) in [6.07, 6.45) is 2.40. The maximum atomic E-state index is 12.5. The molecule has 0 unspecified atom stereocenters. The predicted molar refractivity (Wildman–Crippen MR) is 81.2 cm³/mol. The summed E-state index contributed by atoms with van der Waals surface area (Å²) in [6, 6.07) is 3.09. The second-order valence-corrected chi connectivity index (χ2v) is 5.98. The molecule has 1 aromatic heterocycles. The van der Waals surface area contributed by atoms with Crippen molar-refractivity contribution in [2.24, 2.45) is 0 Å². The highest BCUT2D eigenvalue weighted by Gasteiger charge is 2.35. The second-order valence-electron chi connectivity index (χ2n) is 5.06. The number of aromatic nitrogens is 1. The lowest BCUT2D eigenvalue weighted by atomic mass is 10.2. The van der Waals surface area contributed by atoms with Crippen molar-refractivity contribution < 1.29 is 14.3 Å². The summed E-state index contributed by atoms with van der Waals surface area (Å²) in [7, 11) is 3.25. The molecule has 0 N–H and O–H groups in total. The van der Waals surface area contributed by atoms with E-state index in [-0.39, 0.29) is 30.2 Å². The molecule has 0 radical (unpaired) electrons. The number of pyridine rings is 1. The Bertz CT molecular complexity index is 560. The topological polar surface area (TPSA) is 60.8 Å². The number of likely N-dealkylation sites (tertiary alicyclic amines) is 1. The van der Waals surface area contributed by atoms with Gasteiger partial charge in [-0.05, 0) is 28.4 Å². The Hall–Kier alpha value is -1.18. The van der Waals surface area contributed by atoms with E-state index < -0.39 is 0 Å². The van der Waals surface area contributed by atoms with Gasteiger partial charge in [-0.1, -0.05) is 0 Å². The lowest BCUT2D eigenvalue weighted by molar-refractivity contribution is -0.133. The lowest BCUT2D eigenvalue weighted by Crippen LogP contribution is -2.41. The maximum absolute atomic E-state index is 12.5. The molecule has 6 nitrogen and oxygen atoms in total. The molecule has 1 amide bonds. The normalized spacial score (nSPS) is 21.8. The summed E-state index contributed by atoms with van der Waals surface area (Å²) in [5.74, 6) is -0.100. The van der Waals surface area contributed by atoms with Gasteiger partial charge in [0.2, 0.25) is 5.91 Å². The van der Waals surface area contributed by atoms with E-state index in [2.05, 4.69) is 15.9 Å². The number of hydrogen-bond donors (Lipinski definition) is 0. The van der Waals surface area contributed by atoms with Crippen LogP contribution in [0.2, 0.25) is 0 Å². The molecule has 2 heterocycles. The van der Waals surface area contributed by atoms with Gasteiger partial charge >= 0.3 is 0 Å². The quantitative estimate of drug-likeness (QED) is 0.783. The average Bonchev–Trinajstić information content (AvgIpc) is 2.86. The lowest BCUT2D eigenvalue weighted by Gasteiger charge is -2.24. The number of carbonyl (C=O) groups excluding carboxylic acids is 1. The molecular weight excluding hydrogens is 340 g/mol. The van der Waals surface area contributed by atoms with Crippen molar-refractivity contribution in [1.29, 1.82) is 0 Å². The summed E-state index contributed by atoms with van der Waals surface area (Å²) >= 11 is 3.30. The van der Waals surface area contributed by atoms with Crippen LogP contribution >= 0.6 is 15.9 Å². The van der Waals surface area contributed by atoms with Crippen molar-refractivity contribution in [2.45, 2.75) is 25.1 Å². The van der Waals surface area contributed by atoms with Crippen LogP contribution in [0.4, 0.5) is 0 Å². The Kier molecular flexibility index (Phi) is 5.55. The highest BCUT2D eigenvalue weighted by molar-refractivity contribution is 9.10. The molecule has 1 aliphatic heterocycles. The highest BCUT2D eigenvalue weighted by atomic mass is 79.9. The third-order valence-electron chi connectivity index (χ3n) is 3.64. The first-order valence-electron chi connectivity index (χ1n) is 6.72. The van der Waals surface area contributed by atoms with Crippen LogP contribution < -0.4 is 5.56 Å². The van der Waals surface area contributed by atoms with Crippen LogP contribution in [0, 0.1) is 0 Å². The molecule has 7 heteroatoms. The first-order chi connectivity index (χ1) is 10.0. The zero-order valence-corrected chi connectivity index (χ0v) is 13.7. The average molecular weight is 359 g/mol. The van der Waals surface area contributed by atoms with Gasteiger partial charge in [0.1, 0.15) is 6.54 Å². The van der Waals surface area contributed by atoms with Crippen molar-refractivity contribution in [1.82, 2.24) is 9.47 Å². The number of rotatable bonds is 5. The van der Waals surface area contributed by atoms with Gasteiger partial charge in [0.15, 0.2) is 0 Å². The van der Waals surface area contributed by atoms with Gasteiger partial charge in [0.05, 0.1) is 18.8 Å². The Balaban J connectivity index is 2.11. The zero-order chi connectivity index (χ0) is 15.4. The van der Waals surface area contributed by atoms with Crippen LogP contribution in [0.3, 0.4) is 0 Å². The van der Waals surface area contributed by atoms with E-state index in [9.17, 15) is 9.59 Å². The summed E-state index contributed by atoms with van der Waals surface area (Å²) in [5, 5.41) is 0. The molecule has 0 saturated carbocycles. The molecule has 116 valence electrons. The van der Waals surface area contributed by atoms with Gasteiger partial charge in [0, 0.05) is 37.5 Å². The predicted octanol–water partition coefficient (Wildman–Crippen LogP) is 0.873. The first kappa shape index (κ1) is 16.2. The standard InChI is InChI=1S/C14H19BrN2O4/c1-20-9-11-5-12(21-2)7-17(11)14(19)8-16-6-10(15)3-4-13(16)18/h3-4,6,11-12H,5,7-9H2,1-2H3/t11-,12-/m0/s1. The Morgan fingerprint density at radius 3 is 2.86 bits per heavy atom. The largest absolute Gasteiger partial charge is 0.383 e. The third kappa shape index (κ3) is 3.93.